The molecule has 5 atom stereocenters. The van der Waals surface area contributed by atoms with Gasteiger partial charge in [-0.2, -0.15) is 0 Å². The highest BCUT2D eigenvalue weighted by Gasteiger charge is 2.35. The molecule has 0 spiro atoms. The number of carbonyl (C=O) groups is 2. The average molecular weight is 561 g/mol. The summed E-state index contributed by atoms with van der Waals surface area (Å²) in [5.41, 5.74) is 1.86. The summed E-state index contributed by atoms with van der Waals surface area (Å²) in [5.74, 6) is -0.329. The van der Waals surface area contributed by atoms with E-state index in [1.807, 2.05) is 84.9 Å². The van der Waals surface area contributed by atoms with Crippen LogP contribution in [-0.4, -0.2) is 52.7 Å². The van der Waals surface area contributed by atoms with Crippen molar-refractivity contribution in [2.24, 2.45) is 5.92 Å². The number of nitrogens with one attached hydrogen (secondary N) is 2. The van der Waals surface area contributed by atoms with Gasteiger partial charge in [-0.05, 0) is 57.2 Å². The summed E-state index contributed by atoms with van der Waals surface area (Å²) in [5, 5.41) is 28.1. The largest absolute Gasteiger partial charge is 0.490 e. The highest BCUT2D eigenvalue weighted by Crippen LogP contribution is 2.32. The van der Waals surface area contributed by atoms with Crippen molar-refractivity contribution < 1.29 is 29.3 Å². The van der Waals surface area contributed by atoms with Crippen molar-refractivity contribution in [2.45, 2.75) is 69.9 Å². The van der Waals surface area contributed by atoms with Crippen LogP contribution in [0.25, 0.3) is 0 Å². The first kappa shape index (κ1) is 30.1. The third kappa shape index (κ3) is 8.80. The second-order valence-electron chi connectivity index (χ2n) is 11.5. The van der Waals surface area contributed by atoms with Crippen molar-refractivity contribution in [3.8, 4) is 5.75 Å². The zero-order chi connectivity index (χ0) is 29.4. The topological polar surface area (TPSA) is 117 Å². The quantitative estimate of drug-likeness (QED) is 0.293. The first-order valence-electron chi connectivity index (χ1n) is 14.0. The smallest absolute Gasteiger partial charge is 0.407 e. The molecule has 1 unspecified atom stereocenters. The molecule has 0 aromatic heterocycles. The lowest BCUT2D eigenvalue weighted by Crippen LogP contribution is -2.49. The normalized spacial score (nSPS) is 18.7. The van der Waals surface area contributed by atoms with Gasteiger partial charge in [-0.15, -0.1) is 0 Å². The second-order valence-corrected chi connectivity index (χ2v) is 11.5. The van der Waals surface area contributed by atoms with Gasteiger partial charge in [0.2, 0.25) is 5.91 Å². The van der Waals surface area contributed by atoms with E-state index in [9.17, 15) is 19.8 Å². The van der Waals surface area contributed by atoms with Crippen LogP contribution in [0.1, 0.15) is 49.9 Å². The minimum absolute atomic E-state index is 0.0624. The number of hydrogen-bond donors (Lipinski definition) is 4. The van der Waals surface area contributed by atoms with Gasteiger partial charge in [0.15, 0.2) is 0 Å². The number of carbonyl (C=O) groups excluding carboxylic acids is 2. The summed E-state index contributed by atoms with van der Waals surface area (Å²) in [6.45, 7) is 5.39. The lowest BCUT2D eigenvalue weighted by molar-refractivity contribution is -0.128. The fraction of sp³-hybridized carbons (Fsp3) is 0.394. The predicted octanol–water partition coefficient (Wildman–Crippen LogP) is 4.34. The van der Waals surface area contributed by atoms with Crippen LogP contribution in [0, 0.1) is 5.92 Å². The molecule has 4 rings (SSSR count). The molecule has 0 saturated heterocycles. The van der Waals surface area contributed by atoms with Gasteiger partial charge in [-0.25, -0.2) is 4.79 Å². The summed E-state index contributed by atoms with van der Waals surface area (Å²) in [4.78, 5) is 26.5. The number of aliphatic hydroxyl groups excluding tert-OH is 2. The lowest BCUT2D eigenvalue weighted by Gasteiger charge is -2.33. The van der Waals surface area contributed by atoms with Crippen LogP contribution in [0.15, 0.2) is 84.9 Å². The van der Waals surface area contributed by atoms with Gasteiger partial charge >= 0.3 is 6.09 Å². The van der Waals surface area contributed by atoms with Gasteiger partial charge in [-0.1, -0.05) is 78.9 Å². The molecule has 218 valence electrons. The zero-order valence-electron chi connectivity index (χ0n) is 23.8. The maximum absolute atomic E-state index is 13.8. The highest BCUT2D eigenvalue weighted by atomic mass is 16.6. The summed E-state index contributed by atoms with van der Waals surface area (Å²) in [6, 6.07) is 25.1. The van der Waals surface area contributed by atoms with Gasteiger partial charge < -0.3 is 30.3 Å². The highest BCUT2D eigenvalue weighted by molar-refractivity contribution is 5.80. The molecule has 1 aliphatic rings. The number of alkyl carbamates (subject to hydrolysis) is 1. The Hall–Kier alpha value is -3.88. The SMILES string of the molecule is CC(C)(C)OC(=O)N[C@@H](Cc1ccccc1)[C@@H](O)C[C@@H](Cc1ccccc1)C(=O)NC1c2ccccc2OC[C@@H]1O. The predicted molar refractivity (Wildman–Crippen MR) is 156 cm³/mol. The number of hydrogen-bond acceptors (Lipinski definition) is 6. The lowest BCUT2D eigenvalue weighted by atomic mass is 9.88. The fourth-order valence-corrected chi connectivity index (χ4v) is 5.04. The zero-order valence-corrected chi connectivity index (χ0v) is 23.8. The third-order valence-electron chi connectivity index (χ3n) is 7.03. The van der Waals surface area contributed by atoms with E-state index >= 15 is 0 Å². The average Bonchev–Trinajstić information content (AvgIpc) is 2.94. The molecule has 0 aliphatic carbocycles. The minimum atomic E-state index is -1.06. The van der Waals surface area contributed by atoms with Crippen LogP contribution in [0.2, 0.25) is 0 Å². The number of fused-ring (bicyclic) bond motifs is 1. The van der Waals surface area contributed by atoms with Crippen LogP contribution >= 0.6 is 0 Å². The Balaban J connectivity index is 1.56. The van der Waals surface area contributed by atoms with Crippen LogP contribution < -0.4 is 15.4 Å². The molecule has 1 aliphatic heterocycles. The molecule has 0 radical (unpaired) electrons. The van der Waals surface area contributed by atoms with E-state index in [0.29, 0.717) is 24.2 Å². The molecule has 4 N–H and O–H groups in total. The van der Waals surface area contributed by atoms with E-state index in [1.54, 1.807) is 20.8 Å². The first-order chi connectivity index (χ1) is 19.6. The van der Waals surface area contributed by atoms with Gasteiger partial charge in [-0.3, -0.25) is 4.79 Å². The Morgan fingerprint density at radius 3 is 2.15 bits per heavy atom. The van der Waals surface area contributed by atoms with Crippen molar-refractivity contribution in [1.29, 1.82) is 0 Å². The molecule has 41 heavy (non-hydrogen) atoms. The molecule has 8 nitrogen and oxygen atoms in total. The Labute approximate surface area is 241 Å². The van der Waals surface area contributed by atoms with Gasteiger partial charge in [0.05, 0.1) is 18.2 Å². The van der Waals surface area contributed by atoms with Crippen molar-refractivity contribution in [3.05, 3.63) is 102 Å². The molecule has 2 amide bonds. The number of rotatable bonds is 10. The number of aliphatic hydroxyl groups is 2. The van der Waals surface area contributed by atoms with E-state index in [1.165, 1.54) is 0 Å². The minimum Gasteiger partial charge on any atom is -0.490 e. The van der Waals surface area contributed by atoms with Crippen LogP contribution in [0.4, 0.5) is 4.79 Å². The number of benzene rings is 3. The Bertz CT molecular complexity index is 1280. The maximum atomic E-state index is 13.8. The summed E-state index contributed by atoms with van der Waals surface area (Å²) >= 11 is 0. The second kappa shape index (κ2) is 13.7. The van der Waals surface area contributed by atoms with Crippen LogP contribution in [0.5, 0.6) is 5.75 Å². The van der Waals surface area contributed by atoms with E-state index in [2.05, 4.69) is 10.6 Å². The molecule has 0 bridgehead atoms. The van der Waals surface area contributed by atoms with E-state index in [4.69, 9.17) is 9.47 Å². The molecule has 3 aromatic rings. The number of amides is 2. The summed E-state index contributed by atoms with van der Waals surface area (Å²) < 4.78 is 11.1. The van der Waals surface area contributed by atoms with Crippen molar-refractivity contribution in [2.75, 3.05) is 6.61 Å². The van der Waals surface area contributed by atoms with E-state index in [-0.39, 0.29) is 18.9 Å². The van der Waals surface area contributed by atoms with Gasteiger partial charge in [0, 0.05) is 11.5 Å². The Morgan fingerprint density at radius 1 is 0.927 bits per heavy atom. The summed E-state index contributed by atoms with van der Waals surface area (Å²) in [6.07, 6.45) is -1.81. The van der Waals surface area contributed by atoms with Crippen LogP contribution in [0.3, 0.4) is 0 Å². The first-order valence-corrected chi connectivity index (χ1v) is 14.0. The van der Waals surface area contributed by atoms with E-state index in [0.717, 1.165) is 11.1 Å². The molecule has 8 heteroatoms. The van der Waals surface area contributed by atoms with Gasteiger partial charge in [0.1, 0.15) is 24.1 Å². The molecular formula is C33H40N2O6. The molecular weight excluding hydrogens is 520 g/mol. The van der Waals surface area contributed by atoms with Crippen molar-refractivity contribution in [1.82, 2.24) is 10.6 Å². The molecule has 1 heterocycles. The number of ether oxygens (including phenoxy) is 2. The molecule has 0 fully saturated rings. The standard InChI is InChI=1S/C33H40N2O6/c1-33(2,3)41-32(39)34-26(19-23-14-8-5-9-15-23)27(36)20-24(18-22-12-6-4-7-13-22)31(38)35-30-25-16-10-11-17-29(25)40-21-28(30)37/h4-17,24,26-28,30,36-37H,18-21H2,1-3H3,(H,34,39)(H,35,38)/t24-,26+,27+,28+,30?/m1/s1. The number of para-hydroxylation sites is 1. The molecule has 0 saturated carbocycles. The third-order valence-corrected chi connectivity index (χ3v) is 7.03. The van der Waals surface area contributed by atoms with Crippen LogP contribution in [-0.2, 0) is 22.4 Å². The van der Waals surface area contributed by atoms with Gasteiger partial charge in [0.25, 0.3) is 0 Å². The fourth-order valence-electron chi connectivity index (χ4n) is 5.04. The maximum Gasteiger partial charge on any atom is 0.407 e. The van der Waals surface area contributed by atoms with Crippen molar-refractivity contribution in [3.63, 3.8) is 0 Å². The Kier molecular flexibility index (Phi) is 10.0. The summed E-state index contributed by atoms with van der Waals surface area (Å²) in [7, 11) is 0. The Morgan fingerprint density at radius 2 is 1.51 bits per heavy atom. The molecule has 3 aromatic carbocycles. The van der Waals surface area contributed by atoms with Crippen molar-refractivity contribution >= 4 is 12.0 Å². The van der Waals surface area contributed by atoms with E-state index < -0.39 is 41.9 Å². The monoisotopic (exact) mass is 560 g/mol.